The van der Waals surface area contributed by atoms with Crippen molar-refractivity contribution in [3.8, 4) is 0 Å². The van der Waals surface area contributed by atoms with Crippen LogP contribution in [0.1, 0.15) is 10.7 Å². The molecule has 0 radical (unpaired) electrons. The van der Waals surface area contributed by atoms with E-state index in [9.17, 15) is 4.79 Å². The second-order valence-electron chi connectivity index (χ2n) is 1.37. The number of rotatable bonds is 1. The lowest BCUT2D eigenvalue weighted by molar-refractivity contribution is 0.0655. The molecule has 0 aromatic carbocycles. The summed E-state index contributed by atoms with van der Waals surface area (Å²) in [7, 11) is 0. The number of carboxylic acid groups (broad SMARTS) is 1. The van der Waals surface area contributed by atoms with Gasteiger partial charge >= 0.3 is 11.9 Å². The molecule has 0 unspecified atom stereocenters. The standard InChI is InChI=1S/C4H4N2O3.ClH/c5-2-1-6-3(9-2)4(7)8;/h1H,5H2,(H,7,8);1H. The van der Waals surface area contributed by atoms with Crippen LogP contribution >= 0.6 is 12.4 Å². The minimum absolute atomic E-state index is 0. The summed E-state index contributed by atoms with van der Waals surface area (Å²) in [5, 5.41) is 8.19. The highest BCUT2D eigenvalue weighted by Gasteiger charge is 2.07. The molecule has 1 aromatic rings. The van der Waals surface area contributed by atoms with E-state index in [0.717, 1.165) is 6.20 Å². The summed E-state index contributed by atoms with van der Waals surface area (Å²) in [5.41, 5.74) is 5.02. The third-order valence-corrected chi connectivity index (χ3v) is 0.707. The number of hydrogen-bond acceptors (Lipinski definition) is 4. The predicted molar refractivity (Wildman–Crippen MR) is 35.1 cm³/mol. The third kappa shape index (κ3) is 1.63. The van der Waals surface area contributed by atoms with Gasteiger partial charge in [0.25, 0.3) is 0 Å². The molecule has 0 aliphatic heterocycles. The van der Waals surface area contributed by atoms with E-state index in [4.69, 9.17) is 10.8 Å². The molecule has 0 fully saturated rings. The Morgan fingerprint density at radius 3 is 2.60 bits per heavy atom. The number of aromatic nitrogens is 1. The van der Waals surface area contributed by atoms with Gasteiger partial charge in [0.1, 0.15) is 0 Å². The molecule has 3 N–H and O–H groups in total. The maximum atomic E-state index is 10.0. The summed E-state index contributed by atoms with van der Waals surface area (Å²) in [4.78, 5) is 13.3. The number of aromatic carboxylic acids is 1. The molecule has 0 amide bonds. The number of carboxylic acids is 1. The minimum atomic E-state index is -1.22. The molecule has 10 heavy (non-hydrogen) atoms. The van der Waals surface area contributed by atoms with E-state index in [0.29, 0.717) is 0 Å². The Morgan fingerprint density at radius 2 is 2.40 bits per heavy atom. The highest BCUT2D eigenvalue weighted by atomic mass is 35.5. The van der Waals surface area contributed by atoms with E-state index in [-0.39, 0.29) is 24.2 Å². The fourth-order valence-corrected chi connectivity index (χ4v) is 0.385. The lowest BCUT2D eigenvalue weighted by Gasteiger charge is -1.79. The lowest BCUT2D eigenvalue weighted by atomic mass is 10.7. The van der Waals surface area contributed by atoms with Gasteiger partial charge in [-0.2, -0.15) is 0 Å². The van der Waals surface area contributed by atoms with Crippen molar-refractivity contribution in [3.05, 3.63) is 12.1 Å². The van der Waals surface area contributed by atoms with Crippen LogP contribution in [-0.4, -0.2) is 16.1 Å². The van der Waals surface area contributed by atoms with Crippen molar-refractivity contribution >= 4 is 24.3 Å². The number of oxazole rings is 1. The van der Waals surface area contributed by atoms with Crippen molar-refractivity contribution < 1.29 is 14.3 Å². The van der Waals surface area contributed by atoms with Crippen molar-refractivity contribution in [2.75, 3.05) is 5.73 Å². The van der Waals surface area contributed by atoms with Crippen molar-refractivity contribution in [2.24, 2.45) is 0 Å². The van der Waals surface area contributed by atoms with E-state index >= 15 is 0 Å². The van der Waals surface area contributed by atoms with Gasteiger partial charge in [-0.05, 0) is 0 Å². The fraction of sp³-hybridized carbons (Fsp3) is 0. The van der Waals surface area contributed by atoms with Crippen LogP contribution in [0.15, 0.2) is 10.6 Å². The highest BCUT2D eigenvalue weighted by molar-refractivity contribution is 5.85. The maximum absolute atomic E-state index is 10.0. The zero-order chi connectivity index (χ0) is 6.85. The first-order valence-electron chi connectivity index (χ1n) is 2.15. The Labute approximate surface area is 62.3 Å². The number of halogens is 1. The summed E-state index contributed by atoms with van der Waals surface area (Å²) in [6.45, 7) is 0. The van der Waals surface area contributed by atoms with Gasteiger partial charge in [0.15, 0.2) is 0 Å². The normalized spacial score (nSPS) is 8.40. The van der Waals surface area contributed by atoms with Gasteiger partial charge in [-0.25, -0.2) is 9.78 Å². The SMILES string of the molecule is Cl.Nc1cnc(C(=O)O)o1. The number of nitrogens with two attached hydrogens (primary N) is 1. The second kappa shape index (κ2) is 3.07. The first-order valence-corrected chi connectivity index (χ1v) is 2.15. The van der Waals surface area contributed by atoms with Crippen molar-refractivity contribution in [1.82, 2.24) is 4.98 Å². The van der Waals surface area contributed by atoms with Crippen molar-refractivity contribution in [3.63, 3.8) is 0 Å². The maximum Gasteiger partial charge on any atom is 0.392 e. The fourth-order valence-electron chi connectivity index (χ4n) is 0.385. The lowest BCUT2D eigenvalue weighted by Crippen LogP contribution is -1.94. The largest absolute Gasteiger partial charge is 0.474 e. The molecular weight excluding hydrogens is 160 g/mol. The van der Waals surface area contributed by atoms with E-state index in [1.165, 1.54) is 0 Å². The summed E-state index contributed by atoms with van der Waals surface area (Å²) < 4.78 is 4.41. The molecule has 0 aliphatic carbocycles. The summed E-state index contributed by atoms with van der Waals surface area (Å²) in [5.74, 6) is -1.59. The van der Waals surface area contributed by atoms with Gasteiger partial charge < -0.3 is 15.3 Å². The molecule has 0 bridgehead atoms. The highest BCUT2D eigenvalue weighted by Crippen LogP contribution is 2.02. The first kappa shape index (κ1) is 8.77. The smallest absolute Gasteiger partial charge is 0.392 e. The molecule has 0 spiro atoms. The van der Waals surface area contributed by atoms with Crippen LogP contribution in [0.4, 0.5) is 5.88 Å². The molecule has 6 heteroatoms. The second-order valence-corrected chi connectivity index (χ2v) is 1.37. The zero-order valence-corrected chi connectivity index (χ0v) is 5.59. The summed E-state index contributed by atoms with van der Waals surface area (Å²) >= 11 is 0. The van der Waals surface area contributed by atoms with E-state index in [1.807, 2.05) is 0 Å². The van der Waals surface area contributed by atoms with Gasteiger partial charge in [-0.3, -0.25) is 0 Å². The van der Waals surface area contributed by atoms with Crippen LogP contribution < -0.4 is 5.73 Å². The summed E-state index contributed by atoms with van der Waals surface area (Å²) in [6, 6.07) is 0. The predicted octanol–water partition coefficient (Wildman–Crippen LogP) is 0.377. The molecule has 5 nitrogen and oxygen atoms in total. The van der Waals surface area contributed by atoms with E-state index < -0.39 is 5.97 Å². The Hall–Kier alpha value is -1.23. The molecule has 0 atom stereocenters. The quantitative estimate of drug-likeness (QED) is 0.626. The number of anilines is 1. The van der Waals surface area contributed by atoms with Gasteiger partial charge in [0.05, 0.1) is 6.20 Å². The Kier molecular flexibility index (Phi) is 2.69. The van der Waals surface area contributed by atoms with Crippen LogP contribution in [0.2, 0.25) is 0 Å². The molecule has 56 valence electrons. The number of nitrogens with zero attached hydrogens (tertiary/aromatic N) is 1. The average Bonchev–Trinajstić information content (AvgIpc) is 2.14. The monoisotopic (exact) mass is 164 g/mol. The minimum Gasteiger partial charge on any atom is -0.474 e. The molecule has 1 rings (SSSR count). The molecular formula is C4H5ClN2O3. The topological polar surface area (TPSA) is 89.3 Å². The molecule has 0 aliphatic rings. The van der Waals surface area contributed by atoms with Gasteiger partial charge in [0, 0.05) is 0 Å². The molecule has 0 saturated heterocycles. The molecule has 1 heterocycles. The van der Waals surface area contributed by atoms with Crippen LogP contribution in [0.3, 0.4) is 0 Å². The van der Waals surface area contributed by atoms with Gasteiger partial charge in [-0.15, -0.1) is 12.4 Å². The Balaban J connectivity index is 0.000000810. The number of nitrogen functional groups attached to an aromatic ring is 1. The first-order chi connectivity index (χ1) is 4.20. The van der Waals surface area contributed by atoms with E-state index in [1.54, 1.807) is 0 Å². The van der Waals surface area contributed by atoms with Gasteiger partial charge in [0.2, 0.25) is 5.88 Å². The Morgan fingerprint density at radius 1 is 1.80 bits per heavy atom. The number of hydrogen-bond donors (Lipinski definition) is 2. The average molecular weight is 165 g/mol. The third-order valence-electron chi connectivity index (χ3n) is 0.707. The van der Waals surface area contributed by atoms with Gasteiger partial charge in [-0.1, -0.05) is 0 Å². The zero-order valence-electron chi connectivity index (χ0n) is 4.77. The van der Waals surface area contributed by atoms with Crippen LogP contribution in [0.25, 0.3) is 0 Å². The van der Waals surface area contributed by atoms with Crippen molar-refractivity contribution in [1.29, 1.82) is 0 Å². The Bertz CT molecular complexity index is 234. The number of carbonyl (C=O) groups is 1. The molecule has 1 aromatic heterocycles. The van der Waals surface area contributed by atoms with Crippen LogP contribution in [0.5, 0.6) is 0 Å². The molecule has 0 saturated carbocycles. The van der Waals surface area contributed by atoms with Crippen LogP contribution in [-0.2, 0) is 0 Å². The summed E-state index contributed by atoms with van der Waals surface area (Å²) in [6.07, 6.45) is 1.14. The van der Waals surface area contributed by atoms with E-state index in [2.05, 4.69) is 9.40 Å². The van der Waals surface area contributed by atoms with Crippen molar-refractivity contribution in [2.45, 2.75) is 0 Å². The van der Waals surface area contributed by atoms with Crippen LogP contribution in [0, 0.1) is 0 Å².